The maximum Gasteiger partial charge on any atom is 0.416 e. The molecule has 2 aromatic rings. The third-order valence-corrected chi connectivity index (χ3v) is 4.57. The number of methoxy groups -OCH3 is 2. The van der Waals surface area contributed by atoms with Crippen molar-refractivity contribution in [1.82, 2.24) is 0 Å². The molecule has 0 saturated carbocycles. The van der Waals surface area contributed by atoms with Crippen molar-refractivity contribution in [1.29, 1.82) is 0 Å². The van der Waals surface area contributed by atoms with Gasteiger partial charge in [-0.05, 0) is 47.5 Å². The second-order valence-corrected chi connectivity index (χ2v) is 6.73. The van der Waals surface area contributed by atoms with Crippen LogP contribution in [0.15, 0.2) is 40.4 Å². The minimum Gasteiger partial charge on any atom is -0.493 e. The SMILES string of the molecule is COc1cc2c(cc1OC)C(=O)C(=Cc1cc(Br)cc(C(F)(F)F)c1)C2. The number of carbonyl (C=O) groups is 1. The average molecular weight is 427 g/mol. The molecule has 0 atom stereocenters. The summed E-state index contributed by atoms with van der Waals surface area (Å²) in [5.41, 5.74) is 1.18. The Balaban J connectivity index is 2.01. The van der Waals surface area contributed by atoms with Gasteiger partial charge < -0.3 is 9.47 Å². The van der Waals surface area contributed by atoms with Crippen LogP contribution in [0.3, 0.4) is 0 Å². The monoisotopic (exact) mass is 426 g/mol. The molecule has 0 unspecified atom stereocenters. The number of ether oxygens (including phenoxy) is 2. The van der Waals surface area contributed by atoms with Crippen LogP contribution >= 0.6 is 15.9 Å². The Labute approximate surface area is 156 Å². The third-order valence-electron chi connectivity index (χ3n) is 4.11. The Kier molecular flexibility index (Phi) is 4.84. The van der Waals surface area contributed by atoms with Crippen LogP contribution in [0.4, 0.5) is 13.2 Å². The number of hydrogen-bond acceptors (Lipinski definition) is 3. The molecule has 136 valence electrons. The standard InChI is InChI=1S/C19H14BrF3O3/c1-25-16-7-11-6-12(18(24)15(11)9-17(16)26-2)3-10-4-13(19(21,22)23)8-14(20)5-10/h3-5,7-9H,6H2,1-2H3. The maximum atomic E-state index is 13.0. The lowest BCUT2D eigenvalue weighted by Crippen LogP contribution is -2.05. The molecule has 26 heavy (non-hydrogen) atoms. The zero-order valence-corrected chi connectivity index (χ0v) is 15.5. The molecule has 2 aromatic carbocycles. The first kappa shape index (κ1) is 18.5. The van der Waals surface area contributed by atoms with Crippen molar-refractivity contribution in [2.45, 2.75) is 12.6 Å². The van der Waals surface area contributed by atoms with E-state index in [9.17, 15) is 18.0 Å². The van der Waals surface area contributed by atoms with Crippen molar-refractivity contribution < 1.29 is 27.4 Å². The van der Waals surface area contributed by atoms with Gasteiger partial charge in [0.1, 0.15) is 0 Å². The highest BCUT2D eigenvalue weighted by molar-refractivity contribution is 9.10. The van der Waals surface area contributed by atoms with Crippen molar-refractivity contribution in [2.24, 2.45) is 0 Å². The lowest BCUT2D eigenvalue weighted by atomic mass is 10.1. The highest BCUT2D eigenvalue weighted by Crippen LogP contribution is 2.38. The summed E-state index contributed by atoms with van der Waals surface area (Å²) in [4.78, 5) is 12.6. The van der Waals surface area contributed by atoms with Crippen LogP contribution in [0, 0.1) is 0 Å². The fourth-order valence-electron chi connectivity index (χ4n) is 2.91. The summed E-state index contributed by atoms with van der Waals surface area (Å²) >= 11 is 3.09. The largest absolute Gasteiger partial charge is 0.493 e. The summed E-state index contributed by atoms with van der Waals surface area (Å²) in [5, 5.41) is 0. The summed E-state index contributed by atoms with van der Waals surface area (Å²) in [6.45, 7) is 0. The predicted octanol–water partition coefficient (Wildman–Crippen LogP) is 5.31. The molecule has 3 rings (SSSR count). The van der Waals surface area contributed by atoms with Gasteiger partial charge in [-0.2, -0.15) is 13.2 Å². The first-order valence-electron chi connectivity index (χ1n) is 7.61. The van der Waals surface area contributed by atoms with Crippen molar-refractivity contribution in [3.63, 3.8) is 0 Å². The molecule has 0 saturated heterocycles. The Morgan fingerprint density at radius 2 is 1.69 bits per heavy atom. The highest BCUT2D eigenvalue weighted by Gasteiger charge is 2.31. The van der Waals surface area contributed by atoms with E-state index in [4.69, 9.17) is 9.47 Å². The molecule has 0 aromatic heterocycles. The van der Waals surface area contributed by atoms with Crippen LogP contribution in [-0.2, 0) is 12.6 Å². The second kappa shape index (κ2) is 6.79. The Bertz CT molecular complexity index is 917. The number of rotatable bonds is 3. The second-order valence-electron chi connectivity index (χ2n) is 5.81. The third kappa shape index (κ3) is 3.49. The molecule has 0 bridgehead atoms. The van der Waals surface area contributed by atoms with Crippen molar-refractivity contribution >= 4 is 27.8 Å². The van der Waals surface area contributed by atoms with E-state index < -0.39 is 11.7 Å². The molecule has 0 amide bonds. The Hall–Kier alpha value is -2.28. The molecule has 0 radical (unpaired) electrons. The maximum absolute atomic E-state index is 13.0. The van der Waals surface area contributed by atoms with Crippen molar-refractivity contribution in [2.75, 3.05) is 14.2 Å². The summed E-state index contributed by atoms with van der Waals surface area (Å²) < 4.78 is 49.7. The van der Waals surface area contributed by atoms with E-state index in [0.29, 0.717) is 39.1 Å². The summed E-state index contributed by atoms with van der Waals surface area (Å²) in [5.74, 6) is 0.708. The van der Waals surface area contributed by atoms with Gasteiger partial charge in [0.25, 0.3) is 0 Å². The molecule has 0 spiro atoms. The zero-order valence-electron chi connectivity index (χ0n) is 13.9. The van der Waals surface area contributed by atoms with Gasteiger partial charge >= 0.3 is 6.18 Å². The smallest absolute Gasteiger partial charge is 0.416 e. The van der Waals surface area contributed by atoms with Gasteiger partial charge in [-0.3, -0.25) is 4.79 Å². The minimum atomic E-state index is -4.46. The molecule has 1 aliphatic rings. The lowest BCUT2D eigenvalue weighted by Gasteiger charge is -2.08. The molecular weight excluding hydrogens is 413 g/mol. The van der Waals surface area contributed by atoms with Gasteiger partial charge in [0.2, 0.25) is 0 Å². The molecular formula is C19H14BrF3O3. The van der Waals surface area contributed by atoms with E-state index in [1.807, 2.05) is 0 Å². The normalized spacial score (nSPS) is 15.3. The molecule has 7 heteroatoms. The number of Topliss-reactive ketones (excluding diaryl/α,β-unsaturated/α-hetero) is 1. The van der Waals surface area contributed by atoms with Crippen molar-refractivity contribution in [3.8, 4) is 11.5 Å². The molecule has 3 nitrogen and oxygen atoms in total. The summed E-state index contributed by atoms with van der Waals surface area (Å²) in [6, 6.07) is 6.88. The number of alkyl halides is 3. The van der Waals surface area contributed by atoms with Gasteiger partial charge in [0.15, 0.2) is 17.3 Å². The summed E-state index contributed by atoms with van der Waals surface area (Å²) in [7, 11) is 2.97. The first-order chi connectivity index (χ1) is 12.2. The molecule has 0 aliphatic heterocycles. The summed E-state index contributed by atoms with van der Waals surface area (Å²) in [6.07, 6.45) is -2.65. The van der Waals surface area contributed by atoms with Gasteiger partial charge in [-0.1, -0.05) is 15.9 Å². The number of benzene rings is 2. The highest BCUT2D eigenvalue weighted by atomic mass is 79.9. The molecule has 0 heterocycles. The van der Waals surface area contributed by atoms with Crippen LogP contribution in [-0.4, -0.2) is 20.0 Å². The first-order valence-corrected chi connectivity index (χ1v) is 8.40. The fraction of sp³-hybridized carbons (Fsp3) is 0.211. The number of halogens is 4. The van der Waals surface area contributed by atoms with E-state index in [-0.39, 0.29) is 5.78 Å². The van der Waals surface area contributed by atoms with Gasteiger partial charge in [0, 0.05) is 22.0 Å². The zero-order chi connectivity index (χ0) is 19.1. The average Bonchev–Trinajstić information content (AvgIpc) is 2.87. The Morgan fingerprint density at radius 3 is 2.31 bits per heavy atom. The minimum absolute atomic E-state index is 0.227. The number of fused-ring (bicyclic) bond motifs is 1. The van der Waals surface area contributed by atoms with Crippen LogP contribution in [0.5, 0.6) is 11.5 Å². The van der Waals surface area contributed by atoms with Crippen molar-refractivity contribution in [3.05, 3.63) is 62.6 Å². The fourth-order valence-corrected chi connectivity index (χ4v) is 3.43. The van der Waals surface area contributed by atoms with Crippen LogP contribution in [0.2, 0.25) is 0 Å². The van der Waals surface area contributed by atoms with Crippen LogP contribution < -0.4 is 9.47 Å². The number of hydrogen-bond donors (Lipinski definition) is 0. The van der Waals surface area contributed by atoms with E-state index in [1.54, 1.807) is 18.2 Å². The number of carbonyl (C=O) groups excluding carboxylic acids is 1. The van der Waals surface area contributed by atoms with Crippen LogP contribution in [0.1, 0.15) is 27.0 Å². The van der Waals surface area contributed by atoms with Gasteiger partial charge in [0.05, 0.1) is 19.8 Å². The van der Waals surface area contributed by atoms with Gasteiger partial charge in [-0.25, -0.2) is 0 Å². The molecule has 0 fully saturated rings. The quantitative estimate of drug-likeness (QED) is 0.624. The van der Waals surface area contributed by atoms with E-state index >= 15 is 0 Å². The Morgan fingerprint density at radius 1 is 1.04 bits per heavy atom. The molecule has 0 N–H and O–H groups in total. The number of allylic oxidation sites excluding steroid dienone is 1. The van der Waals surface area contributed by atoms with Gasteiger partial charge in [-0.15, -0.1) is 0 Å². The van der Waals surface area contributed by atoms with E-state index in [0.717, 1.165) is 17.7 Å². The topological polar surface area (TPSA) is 35.5 Å². The predicted molar refractivity (Wildman–Crippen MR) is 94.7 cm³/mol. The van der Waals surface area contributed by atoms with Crippen LogP contribution in [0.25, 0.3) is 6.08 Å². The van der Waals surface area contributed by atoms with E-state index in [1.165, 1.54) is 20.3 Å². The van der Waals surface area contributed by atoms with E-state index in [2.05, 4.69) is 15.9 Å². The lowest BCUT2D eigenvalue weighted by molar-refractivity contribution is -0.137. The number of ketones is 1. The molecule has 1 aliphatic carbocycles.